The van der Waals surface area contributed by atoms with E-state index in [1.54, 1.807) is 12.1 Å². The molecule has 1 aliphatic rings. The molecule has 5 nitrogen and oxygen atoms in total. The van der Waals surface area contributed by atoms with Crippen molar-refractivity contribution in [3.63, 3.8) is 0 Å². The molecule has 7 heteroatoms. The highest BCUT2D eigenvalue weighted by Crippen LogP contribution is 2.27. The largest absolute Gasteiger partial charge is 0.421 e. The molecule has 0 N–H and O–H groups in total. The fourth-order valence-electron chi connectivity index (χ4n) is 2.71. The van der Waals surface area contributed by atoms with E-state index >= 15 is 0 Å². The molecule has 132 valence electrons. The van der Waals surface area contributed by atoms with Crippen molar-refractivity contribution in [1.29, 1.82) is 0 Å². The summed E-state index contributed by atoms with van der Waals surface area (Å²) in [6, 6.07) is 11.0. The number of halogens is 1. The van der Waals surface area contributed by atoms with Crippen molar-refractivity contribution in [3.05, 3.63) is 58.6 Å². The number of ether oxygens (including phenoxy) is 1. The fraction of sp³-hybridized carbons (Fsp3) is 0.278. The van der Waals surface area contributed by atoms with Gasteiger partial charge < -0.3 is 4.74 Å². The van der Waals surface area contributed by atoms with E-state index in [9.17, 15) is 13.2 Å². The second kappa shape index (κ2) is 7.15. The lowest BCUT2D eigenvalue weighted by atomic mass is 10.2. The number of hydrogen-bond acceptors (Lipinski definition) is 4. The van der Waals surface area contributed by atoms with Crippen LogP contribution < -0.4 is 4.74 Å². The molecule has 25 heavy (non-hydrogen) atoms. The maximum atomic E-state index is 12.6. The third kappa shape index (κ3) is 3.86. The van der Waals surface area contributed by atoms with Crippen LogP contribution in [0.15, 0.2) is 47.4 Å². The van der Waals surface area contributed by atoms with Crippen molar-refractivity contribution in [2.45, 2.75) is 24.7 Å². The van der Waals surface area contributed by atoms with Crippen LogP contribution in [0.5, 0.6) is 5.75 Å². The Balaban J connectivity index is 1.86. The first-order valence-corrected chi connectivity index (χ1v) is 9.78. The quantitative estimate of drug-likeness (QED) is 0.600. The minimum atomic E-state index is -3.58. The Morgan fingerprint density at radius 2 is 1.84 bits per heavy atom. The van der Waals surface area contributed by atoms with Crippen LogP contribution in [0.2, 0.25) is 5.02 Å². The zero-order valence-electron chi connectivity index (χ0n) is 13.7. The van der Waals surface area contributed by atoms with Gasteiger partial charge in [-0.2, -0.15) is 4.31 Å². The van der Waals surface area contributed by atoms with Crippen LogP contribution in [0.3, 0.4) is 0 Å². The minimum absolute atomic E-state index is 0.0965. The predicted octanol–water partition coefficient (Wildman–Crippen LogP) is 3.65. The van der Waals surface area contributed by atoms with Crippen molar-refractivity contribution in [3.8, 4) is 5.75 Å². The molecule has 0 saturated carbocycles. The van der Waals surface area contributed by atoms with Crippen LogP contribution in [-0.4, -0.2) is 31.8 Å². The van der Waals surface area contributed by atoms with Crippen LogP contribution in [0.25, 0.3) is 0 Å². The third-order valence-corrected chi connectivity index (χ3v) is 6.27. The number of nitrogens with zero attached hydrogens (tertiary/aromatic N) is 1. The van der Waals surface area contributed by atoms with Crippen LogP contribution in [0.4, 0.5) is 0 Å². The van der Waals surface area contributed by atoms with Gasteiger partial charge in [0.15, 0.2) is 0 Å². The van der Waals surface area contributed by atoms with E-state index in [2.05, 4.69) is 0 Å². The van der Waals surface area contributed by atoms with Crippen molar-refractivity contribution >= 4 is 27.6 Å². The Morgan fingerprint density at radius 3 is 2.56 bits per heavy atom. The van der Waals surface area contributed by atoms with Crippen molar-refractivity contribution in [1.82, 2.24) is 4.31 Å². The standard InChI is InChI=1S/C18H18ClNO4S/c1-13-7-8-16(19)17(11-13)24-18(21)14-5-4-6-15(12-14)25(22,23)20-9-2-3-10-20/h4-8,11-12H,2-3,9-10H2,1H3. The molecule has 2 aromatic rings. The van der Waals surface area contributed by atoms with Crippen LogP contribution >= 0.6 is 11.6 Å². The molecule has 1 heterocycles. The molecule has 0 spiro atoms. The summed E-state index contributed by atoms with van der Waals surface area (Å²) in [5.74, 6) is -0.398. The topological polar surface area (TPSA) is 63.7 Å². The number of esters is 1. The number of sulfonamides is 1. The molecule has 0 atom stereocenters. The van der Waals surface area contributed by atoms with E-state index in [0.717, 1.165) is 18.4 Å². The summed E-state index contributed by atoms with van der Waals surface area (Å²) in [6.07, 6.45) is 1.71. The maximum absolute atomic E-state index is 12.6. The molecule has 0 aliphatic carbocycles. The first-order chi connectivity index (χ1) is 11.9. The molecule has 0 radical (unpaired) electrons. The van der Waals surface area contributed by atoms with Crippen LogP contribution in [0.1, 0.15) is 28.8 Å². The van der Waals surface area contributed by atoms with E-state index < -0.39 is 16.0 Å². The van der Waals surface area contributed by atoms with Gasteiger partial charge in [-0.15, -0.1) is 0 Å². The molecule has 3 rings (SSSR count). The third-order valence-electron chi connectivity index (χ3n) is 4.06. The number of benzene rings is 2. The highest BCUT2D eigenvalue weighted by atomic mass is 35.5. The average molecular weight is 380 g/mol. The van der Waals surface area contributed by atoms with Crippen molar-refractivity contribution in [2.24, 2.45) is 0 Å². The second-order valence-electron chi connectivity index (χ2n) is 5.96. The average Bonchev–Trinajstić information content (AvgIpc) is 3.13. The number of carbonyl (C=O) groups is 1. The van der Waals surface area contributed by atoms with E-state index in [0.29, 0.717) is 18.1 Å². The highest BCUT2D eigenvalue weighted by molar-refractivity contribution is 7.89. The number of carbonyl (C=O) groups excluding carboxylic acids is 1. The zero-order chi connectivity index (χ0) is 18.0. The monoisotopic (exact) mass is 379 g/mol. The lowest BCUT2D eigenvalue weighted by Gasteiger charge is -2.16. The van der Waals surface area contributed by atoms with Crippen molar-refractivity contribution in [2.75, 3.05) is 13.1 Å². The summed E-state index contributed by atoms with van der Waals surface area (Å²) in [5.41, 5.74) is 1.07. The molecule has 0 unspecified atom stereocenters. The Kier molecular flexibility index (Phi) is 5.13. The van der Waals surface area contributed by atoms with Gasteiger partial charge in [0, 0.05) is 13.1 Å². The molecule has 0 amide bonds. The molecule has 1 saturated heterocycles. The lowest BCUT2D eigenvalue weighted by molar-refractivity contribution is 0.0734. The van der Waals surface area contributed by atoms with Crippen molar-refractivity contribution < 1.29 is 17.9 Å². The predicted molar refractivity (Wildman–Crippen MR) is 95.6 cm³/mol. The molecule has 1 aliphatic heterocycles. The molecular weight excluding hydrogens is 362 g/mol. The Bertz CT molecular complexity index is 905. The Labute approximate surface area is 152 Å². The molecule has 2 aromatic carbocycles. The van der Waals surface area contributed by atoms with Crippen LogP contribution in [0, 0.1) is 6.92 Å². The highest BCUT2D eigenvalue weighted by Gasteiger charge is 2.27. The van der Waals surface area contributed by atoms with Gasteiger partial charge in [-0.1, -0.05) is 23.7 Å². The SMILES string of the molecule is Cc1ccc(Cl)c(OC(=O)c2cccc(S(=O)(=O)N3CCCC3)c2)c1. The van der Waals surface area contributed by atoms with Gasteiger partial charge >= 0.3 is 5.97 Å². The van der Waals surface area contributed by atoms with Gasteiger partial charge in [-0.05, 0) is 55.7 Å². The molecule has 0 bridgehead atoms. The zero-order valence-corrected chi connectivity index (χ0v) is 15.3. The first kappa shape index (κ1) is 17.9. The number of hydrogen-bond donors (Lipinski definition) is 0. The van der Waals surface area contributed by atoms with E-state index in [-0.39, 0.29) is 16.2 Å². The number of aryl methyl sites for hydroxylation is 1. The van der Waals surface area contributed by atoms with Gasteiger partial charge in [-0.25, -0.2) is 13.2 Å². The fourth-order valence-corrected chi connectivity index (χ4v) is 4.43. The summed E-state index contributed by atoms with van der Waals surface area (Å²) in [5, 5.41) is 0.319. The molecular formula is C18H18ClNO4S. The van der Waals surface area contributed by atoms with Gasteiger partial charge in [0.05, 0.1) is 15.5 Å². The van der Waals surface area contributed by atoms with Gasteiger partial charge in [0.1, 0.15) is 5.75 Å². The Morgan fingerprint density at radius 1 is 1.12 bits per heavy atom. The maximum Gasteiger partial charge on any atom is 0.343 e. The second-order valence-corrected chi connectivity index (χ2v) is 8.31. The van der Waals surface area contributed by atoms with Gasteiger partial charge in [0.25, 0.3) is 0 Å². The summed E-state index contributed by atoms with van der Waals surface area (Å²) >= 11 is 6.04. The van der Waals surface area contributed by atoms with Crippen LogP contribution in [-0.2, 0) is 10.0 Å². The smallest absolute Gasteiger partial charge is 0.343 e. The summed E-state index contributed by atoms with van der Waals surface area (Å²) in [4.78, 5) is 12.5. The van der Waals surface area contributed by atoms with Gasteiger partial charge in [0.2, 0.25) is 10.0 Å². The molecule has 0 aromatic heterocycles. The summed E-state index contributed by atoms with van der Waals surface area (Å²) < 4.78 is 32.0. The van der Waals surface area contributed by atoms with E-state index in [1.165, 1.54) is 28.6 Å². The lowest BCUT2D eigenvalue weighted by Crippen LogP contribution is -2.28. The first-order valence-electron chi connectivity index (χ1n) is 7.96. The molecule has 1 fully saturated rings. The Hall–Kier alpha value is -1.89. The normalized spacial score (nSPS) is 15.3. The number of rotatable bonds is 4. The minimum Gasteiger partial charge on any atom is -0.421 e. The van der Waals surface area contributed by atoms with E-state index in [4.69, 9.17) is 16.3 Å². The van der Waals surface area contributed by atoms with Gasteiger partial charge in [-0.3, -0.25) is 0 Å². The van der Waals surface area contributed by atoms with E-state index in [1.807, 2.05) is 13.0 Å². The summed E-state index contributed by atoms with van der Waals surface area (Å²) in [7, 11) is -3.58. The summed E-state index contributed by atoms with van der Waals surface area (Å²) in [6.45, 7) is 2.88.